The van der Waals surface area contributed by atoms with E-state index in [-0.39, 0.29) is 11.5 Å². The molecule has 3 N–H and O–H groups in total. The normalized spacial score (nSPS) is 10.1. The summed E-state index contributed by atoms with van der Waals surface area (Å²) in [6, 6.07) is 0. The summed E-state index contributed by atoms with van der Waals surface area (Å²) in [5.41, 5.74) is 5.42. The van der Waals surface area contributed by atoms with Crippen molar-refractivity contribution in [2.45, 2.75) is 12.8 Å². The van der Waals surface area contributed by atoms with E-state index in [2.05, 4.69) is 0 Å². The minimum atomic E-state index is -0.804. The fourth-order valence-electron chi connectivity index (χ4n) is 0.887. The topological polar surface area (TPSA) is 69.8 Å². The number of rotatable bonds is 5. The maximum Gasteiger partial charge on any atom is 0.303 e. The second kappa shape index (κ2) is 5.71. The molecule has 0 aliphatic rings. The van der Waals surface area contributed by atoms with Crippen LogP contribution in [-0.2, 0) is 4.79 Å². The number of nitrogens with two attached hydrogens (primary N) is 1. The van der Waals surface area contributed by atoms with Crippen LogP contribution in [0, 0.1) is 0 Å². The standard InChI is InChI=1S/C7H15N3O2S/c1-9(2)10(7(8)13)5-3-4-6(11)12/h3-5H2,1-2H3,(H2,8,13)(H,11,12). The van der Waals surface area contributed by atoms with E-state index >= 15 is 0 Å². The minimum Gasteiger partial charge on any atom is -0.481 e. The lowest BCUT2D eigenvalue weighted by Gasteiger charge is -2.28. The molecule has 0 aliphatic carbocycles. The Bertz CT molecular complexity index is 196. The molecule has 0 aliphatic heterocycles. The molecule has 0 atom stereocenters. The first-order chi connectivity index (χ1) is 5.95. The zero-order valence-electron chi connectivity index (χ0n) is 7.86. The summed E-state index contributed by atoms with van der Waals surface area (Å²) in [6.45, 7) is 0.536. The van der Waals surface area contributed by atoms with Gasteiger partial charge in [-0.15, -0.1) is 0 Å². The monoisotopic (exact) mass is 205 g/mol. The first-order valence-electron chi connectivity index (χ1n) is 3.91. The average molecular weight is 205 g/mol. The van der Waals surface area contributed by atoms with Crippen LogP contribution in [0.25, 0.3) is 0 Å². The van der Waals surface area contributed by atoms with Crippen LogP contribution in [-0.4, -0.2) is 46.8 Å². The summed E-state index contributed by atoms with van der Waals surface area (Å²) in [5, 5.41) is 12.1. The molecule has 0 rings (SSSR count). The maximum atomic E-state index is 10.2. The molecule has 6 heteroatoms. The Morgan fingerprint density at radius 3 is 2.38 bits per heavy atom. The summed E-state index contributed by atoms with van der Waals surface area (Å²) in [5.74, 6) is -0.804. The van der Waals surface area contributed by atoms with Gasteiger partial charge in [0.2, 0.25) is 0 Å². The van der Waals surface area contributed by atoms with Crippen molar-refractivity contribution in [3.63, 3.8) is 0 Å². The fourth-order valence-corrected chi connectivity index (χ4v) is 1.14. The summed E-state index contributed by atoms with van der Waals surface area (Å²) in [7, 11) is 3.61. The molecule has 0 heterocycles. The molecule has 0 spiro atoms. The van der Waals surface area contributed by atoms with E-state index in [0.717, 1.165) is 0 Å². The molecule has 0 saturated carbocycles. The van der Waals surface area contributed by atoms with Crippen LogP contribution in [0.15, 0.2) is 0 Å². The first-order valence-corrected chi connectivity index (χ1v) is 4.32. The largest absolute Gasteiger partial charge is 0.481 e. The third kappa shape index (κ3) is 5.37. The van der Waals surface area contributed by atoms with Crippen LogP contribution in [0.5, 0.6) is 0 Å². The second-order valence-electron chi connectivity index (χ2n) is 2.81. The molecule has 0 radical (unpaired) electrons. The molecule has 13 heavy (non-hydrogen) atoms. The molecule has 0 unspecified atom stereocenters. The highest BCUT2D eigenvalue weighted by atomic mass is 32.1. The van der Waals surface area contributed by atoms with Crippen LogP contribution in [0.4, 0.5) is 0 Å². The summed E-state index contributed by atoms with van der Waals surface area (Å²) < 4.78 is 0. The van der Waals surface area contributed by atoms with Gasteiger partial charge in [-0.1, -0.05) is 0 Å². The zero-order chi connectivity index (χ0) is 10.4. The first kappa shape index (κ1) is 12.1. The van der Waals surface area contributed by atoms with E-state index in [1.54, 1.807) is 24.1 Å². The van der Waals surface area contributed by atoms with Gasteiger partial charge in [0, 0.05) is 27.1 Å². The second-order valence-corrected chi connectivity index (χ2v) is 3.22. The highest BCUT2D eigenvalue weighted by Crippen LogP contribution is 1.97. The van der Waals surface area contributed by atoms with Gasteiger partial charge >= 0.3 is 5.97 Å². The maximum absolute atomic E-state index is 10.2. The summed E-state index contributed by atoms with van der Waals surface area (Å²) >= 11 is 4.79. The lowest BCUT2D eigenvalue weighted by molar-refractivity contribution is -0.137. The van der Waals surface area contributed by atoms with Gasteiger partial charge in [0.15, 0.2) is 5.11 Å². The molecule has 0 bridgehead atoms. The molecule has 0 aromatic carbocycles. The van der Waals surface area contributed by atoms with Gasteiger partial charge in [0.25, 0.3) is 0 Å². The molecule has 0 aromatic rings. The van der Waals surface area contributed by atoms with Crippen molar-refractivity contribution in [3.8, 4) is 0 Å². The number of carboxylic acid groups (broad SMARTS) is 1. The Labute approximate surface area is 83.1 Å². The molecule has 0 saturated heterocycles. The van der Waals surface area contributed by atoms with Crippen molar-refractivity contribution in [2.24, 2.45) is 5.73 Å². The third-order valence-electron chi connectivity index (χ3n) is 1.50. The molecule has 0 amide bonds. The van der Waals surface area contributed by atoms with Crippen LogP contribution in [0.1, 0.15) is 12.8 Å². The number of nitrogens with zero attached hydrogens (tertiary/aromatic N) is 2. The molecular formula is C7H15N3O2S. The van der Waals surface area contributed by atoms with Crippen LogP contribution < -0.4 is 5.73 Å². The molecular weight excluding hydrogens is 190 g/mol. The van der Waals surface area contributed by atoms with E-state index in [1.165, 1.54) is 0 Å². The number of carboxylic acids is 1. The van der Waals surface area contributed by atoms with Crippen molar-refractivity contribution in [2.75, 3.05) is 20.6 Å². The Hall–Kier alpha value is -0.880. The molecule has 5 nitrogen and oxygen atoms in total. The van der Waals surface area contributed by atoms with Crippen molar-refractivity contribution in [1.29, 1.82) is 0 Å². The SMILES string of the molecule is CN(C)N(CCCC(=O)O)C(N)=S. The van der Waals surface area contributed by atoms with E-state index in [4.69, 9.17) is 23.1 Å². The van der Waals surface area contributed by atoms with Gasteiger partial charge in [0.05, 0.1) is 0 Å². The van der Waals surface area contributed by atoms with E-state index in [9.17, 15) is 4.79 Å². The quantitative estimate of drug-likeness (QED) is 0.481. The van der Waals surface area contributed by atoms with Gasteiger partial charge in [-0.2, -0.15) is 0 Å². The Morgan fingerprint density at radius 2 is 2.08 bits per heavy atom. The van der Waals surface area contributed by atoms with Gasteiger partial charge in [0.1, 0.15) is 0 Å². The predicted molar refractivity (Wildman–Crippen MR) is 54.0 cm³/mol. The average Bonchev–Trinajstić information content (AvgIpc) is 1.95. The Balaban J connectivity index is 3.84. The summed E-state index contributed by atoms with van der Waals surface area (Å²) in [4.78, 5) is 10.2. The van der Waals surface area contributed by atoms with Crippen molar-refractivity contribution < 1.29 is 9.90 Å². The van der Waals surface area contributed by atoms with Crippen molar-refractivity contribution >= 4 is 23.3 Å². The van der Waals surface area contributed by atoms with E-state index in [0.29, 0.717) is 13.0 Å². The lowest BCUT2D eigenvalue weighted by Crippen LogP contribution is -2.45. The smallest absolute Gasteiger partial charge is 0.303 e. The van der Waals surface area contributed by atoms with Gasteiger partial charge in [-0.25, -0.2) is 5.01 Å². The zero-order valence-corrected chi connectivity index (χ0v) is 8.67. The third-order valence-corrected chi connectivity index (χ3v) is 1.71. The van der Waals surface area contributed by atoms with Crippen molar-refractivity contribution in [3.05, 3.63) is 0 Å². The lowest BCUT2D eigenvalue weighted by atomic mass is 10.3. The van der Waals surface area contributed by atoms with Gasteiger partial charge < -0.3 is 10.8 Å². The highest BCUT2D eigenvalue weighted by Gasteiger charge is 2.08. The number of thiocarbonyl (C=S) groups is 1. The van der Waals surface area contributed by atoms with Gasteiger partial charge in [-0.05, 0) is 18.6 Å². The van der Waals surface area contributed by atoms with Crippen LogP contribution in [0.2, 0.25) is 0 Å². The fraction of sp³-hybridized carbons (Fsp3) is 0.714. The Morgan fingerprint density at radius 1 is 1.54 bits per heavy atom. The number of hydrazine groups is 1. The van der Waals surface area contributed by atoms with Crippen LogP contribution >= 0.6 is 12.2 Å². The number of hydrogen-bond acceptors (Lipinski definition) is 3. The Kier molecular flexibility index (Phi) is 5.33. The minimum absolute atomic E-state index is 0.132. The van der Waals surface area contributed by atoms with Gasteiger partial charge in [-0.3, -0.25) is 9.80 Å². The molecule has 0 fully saturated rings. The van der Waals surface area contributed by atoms with E-state index in [1.807, 2.05) is 0 Å². The molecule has 76 valence electrons. The number of hydrogen-bond donors (Lipinski definition) is 2. The predicted octanol–water partition coefficient (Wildman–Crippen LogP) is -0.127. The number of aliphatic carboxylic acids is 1. The van der Waals surface area contributed by atoms with Crippen LogP contribution in [0.3, 0.4) is 0 Å². The highest BCUT2D eigenvalue weighted by molar-refractivity contribution is 7.80. The number of carbonyl (C=O) groups is 1. The molecule has 0 aromatic heterocycles. The van der Waals surface area contributed by atoms with E-state index < -0.39 is 5.97 Å². The van der Waals surface area contributed by atoms with Crippen molar-refractivity contribution in [1.82, 2.24) is 10.0 Å². The summed E-state index contributed by atoms with van der Waals surface area (Å²) in [6.07, 6.45) is 0.664.